The van der Waals surface area contributed by atoms with E-state index in [0.29, 0.717) is 0 Å². The van der Waals surface area contributed by atoms with E-state index in [-0.39, 0.29) is 31.6 Å². The third-order valence-electron chi connectivity index (χ3n) is 3.52. The molecule has 0 atom stereocenters. The van der Waals surface area contributed by atoms with Gasteiger partial charge in [-0.25, -0.2) is 0 Å². The average molecular weight is 537 g/mol. The molecule has 3 aromatic rings. The van der Waals surface area contributed by atoms with E-state index in [0.717, 1.165) is 16.8 Å². The summed E-state index contributed by atoms with van der Waals surface area (Å²) in [7, 11) is 0. The van der Waals surface area contributed by atoms with Gasteiger partial charge in [-0.15, -0.1) is 35.4 Å². The molecule has 0 bridgehead atoms. The smallest absolute Gasteiger partial charge is 0.155 e. The van der Waals surface area contributed by atoms with Crippen molar-refractivity contribution in [2.45, 2.75) is 20.8 Å². The molecule has 3 rings (SSSR count). The summed E-state index contributed by atoms with van der Waals surface area (Å²) < 4.78 is 0. The van der Waals surface area contributed by atoms with Crippen molar-refractivity contribution in [2.75, 3.05) is 0 Å². The second kappa shape index (κ2) is 11.2. The maximum atomic E-state index is 10.0. The summed E-state index contributed by atoms with van der Waals surface area (Å²) in [4.78, 5) is 14.6. The van der Waals surface area contributed by atoms with E-state index in [1.54, 1.807) is 0 Å². The number of aliphatic hydroxyl groups excluding tert-OH is 1. The number of ketones is 1. The van der Waals surface area contributed by atoms with E-state index in [9.17, 15) is 4.79 Å². The molecule has 0 aliphatic rings. The van der Waals surface area contributed by atoms with Crippen molar-refractivity contribution in [3.63, 3.8) is 0 Å². The Bertz CT molecular complexity index is 884. The van der Waals surface area contributed by atoms with Crippen molar-refractivity contribution in [1.29, 1.82) is 0 Å². The molecule has 1 radical (unpaired) electrons. The van der Waals surface area contributed by atoms with Gasteiger partial charge in [0.2, 0.25) is 0 Å². The van der Waals surface area contributed by atoms with Crippen LogP contribution < -0.4 is 0 Å². The van der Waals surface area contributed by atoms with Crippen LogP contribution in [0.5, 0.6) is 0 Å². The van der Waals surface area contributed by atoms with Gasteiger partial charge in [0.25, 0.3) is 0 Å². The molecule has 1 N–H and O–H groups in total. The predicted octanol–water partition coefficient (Wildman–Crippen LogP) is 5.56. The summed E-state index contributed by atoms with van der Waals surface area (Å²) in [5, 5.41) is 8.36. The fourth-order valence-corrected chi connectivity index (χ4v) is 2.38. The number of benzene rings is 2. The first kappa shape index (κ1) is 22.5. The Balaban J connectivity index is 0.000000395. The maximum Gasteiger partial charge on any atom is 0.155 e. The number of hydrogen-bond acceptors (Lipinski definition) is 3. The molecule has 0 unspecified atom stereocenters. The zero-order valence-electron chi connectivity index (χ0n) is 15.6. The Hall–Kier alpha value is -2.55. The first-order chi connectivity index (χ1) is 12.5. The molecule has 0 aliphatic heterocycles. The molecule has 0 fully saturated rings. The van der Waals surface area contributed by atoms with E-state index >= 15 is 0 Å². The molecule has 2 aromatic carbocycles. The Morgan fingerprint density at radius 3 is 2.22 bits per heavy atom. The quantitative estimate of drug-likeness (QED) is 0.271. The second-order valence-corrected chi connectivity index (χ2v) is 5.97. The number of aryl methyl sites for hydroxylation is 1. The first-order valence-corrected chi connectivity index (χ1v) is 8.33. The summed E-state index contributed by atoms with van der Waals surface area (Å²) in [5.41, 5.74) is 5.55. The number of allylic oxidation sites excluding steroid dienone is 2. The molecule has 141 valence electrons. The second-order valence-electron chi connectivity index (χ2n) is 5.97. The maximum absolute atomic E-state index is 10.0. The van der Waals surface area contributed by atoms with Crippen molar-refractivity contribution in [1.82, 2.24) is 4.98 Å². The van der Waals surface area contributed by atoms with Gasteiger partial charge in [-0.3, -0.25) is 4.79 Å². The number of nitrogens with zero attached hydrogens (tertiary/aromatic N) is 1. The monoisotopic (exact) mass is 537 g/mol. The van der Waals surface area contributed by atoms with Crippen LogP contribution in [0.4, 0.5) is 0 Å². The van der Waals surface area contributed by atoms with Crippen LogP contribution in [0, 0.1) is 13.0 Å². The van der Waals surface area contributed by atoms with Crippen LogP contribution in [-0.2, 0) is 24.9 Å². The molecule has 4 heteroatoms. The Morgan fingerprint density at radius 2 is 1.74 bits per heavy atom. The molecule has 0 amide bonds. The average Bonchev–Trinajstić information content (AvgIpc) is 2.62. The van der Waals surface area contributed by atoms with Crippen molar-refractivity contribution in [2.24, 2.45) is 0 Å². The minimum absolute atomic E-state index is 0. The van der Waals surface area contributed by atoms with E-state index in [1.165, 1.54) is 31.1 Å². The van der Waals surface area contributed by atoms with Gasteiger partial charge < -0.3 is 10.1 Å². The number of rotatable bonds is 3. The number of hydrogen-bond donors (Lipinski definition) is 1. The van der Waals surface area contributed by atoms with Crippen LogP contribution in [0.25, 0.3) is 22.4 Å². The van der Waals surface area contributed by atoms with Crippen molar-refractivity contribution in [3.05, 3.63) is 90.3 Å². The van der Waals surface area contributed by atoms with Crippen LogP contribution in [0.15, 0.2) is 78.7 Å². The summed E-state index contributed by atoms with van der Waals surface area (Å²) in [6.45, 7) is 4.93. The minimum Gasteiger partial charge on any atom is -0.512 e. The van der Waals surface area contributed by atoms with Crippen LogP contribution in [0.3, 0.4) is 0 Å². The van der Waals surface area contributed by atoms with Gasteiger partial charge in [0.05, 0.1) is 5.76 Å². The number of pyridine rings is 1. The predicted molar refractivity (Wildman–Crippen MR) is 106 cm³/mol. The van der Waals surface area contributed by atoms with Gasteiger partial charge in [-0.1, -0.05) is 49.4 Å². The van der Waals surface area contributed by atoms with E-state index in [2.05, 4.69) is 42.2 Å². The normalized spacial score (nSPS) is 10.3. The fraction of sp³-hybridized carbons (Fsp3) is 0.130. The van der Waals surface area contributed by atoms with Crippen LogP contribution in [0.1, 0.15) is 19.4 Å². The fourth-order valence-electron chi connectivity index (χ4n) is 2.38. The molecule has 0 saturated heterocycles. The number of carbonyl (C=O) groups excluding carboxylic acids is 1. The molecule has 3 nitrogen and oxygen atoms in total. The summed E-state index contributed by atoms with van der Waals surface area (Å²) >= 11 is 0. The van der Waals surface area contributed by atoms with Gasteiger partial charge in [0.15, 0.2) is 5.78 Å². The molecule has 27 heavy (non-hydrogen) atoms. The zero-order chi connectivity index (χ0) is 18.9. The Labute approximate surface area is 174 Å². The van der Waals surface area contributed by atoms with Gasteiger partial charge in [0.1, 0.15) is 0 Å². The summed E-state index contributed by atoms with van der Waals surface area (Å²) in [6.07, 6.45) is 3.08. The standard InChI is InChI=1S/C18H14N.C5H8O2.Ir/c1-14-6-5-9-16(12-14)18-11-10-17(13-19-18)15-7-3-2-4-8-15;1-4(6)3-5(2)7;/h2-8,10-13H,1H3;3,6H,1-2H3;/q-1;;/b;4-3-;. The van der Waals surface area contributed by atoms with Gasteiger partial charge >= 0.3 is 0 Å². The number of aromatic nitrogens is 1. The summed E-state index contributed by atoms with van der Waals surface area (Å²) in [5.74, 6) is -0.0625. The van der Waals surface area contributed by atoms with Crippen molar-refractivity contribution >= 4 is 5.78 Å². The molecule has 1 aromatic heterocycles. The minimum atomic E-state index is -0.125. The molecule has 0 aliphatic carbocycles. The molecule has 1 heterocycles. The molecular formula is C23H22IrNO2-. The Morgan fingerprint density at radius 1 is 1.04 bits per heavy atom. The number of carbonyl (C=O) groups is 1. The van der Waals surface area contributed by atoms with Gasteiger partial charge in [-0.2, -0.15) is 0 Å². The van der Waals surface area contributed by atoms with E-state index < -0.39 is 0 Å². The van der Waals surface area contributed by atoms with Gasteiger partial charge in [-0.05, 0) is 30.7 Å². The topological polar surface area (TPSA) is 50.2 Å². The van der Waals surface area contributed by atoms with Crippen molar-refractivity contribution < 1.29 is 30.0 Å². The molecular weight excluding hydrogens is 514 g/mol. The molecule has 0 saturated carbocycles. The third kappa shape index (κ3) is 7.69. The van der Waals surface area contributed by atoms with Crippen LogP contribution >= 0.6 is 0 Å². The summed E-state index contributed by atoms with van der Waals surface area (Å²) in [6, 6.07) is 23.7. The number of aliphatic hydroxyl groups is 1. The zero-order valence-corrected chi connectivity index (χ0v) is 18.0. The Kier molecular flexibility index (Phi) is 9.35. The van der Waals surface area contributed by atoms with E-state index in [1.807, 2.05) is 42.6 Å². The van der Waals surface area contributed by atoms with Crippen molar-refractivity contribution in [3.8, 4) is 22.4 Å². The van der Waals surface area contributed by atoms with Gasteiger partial charge in [0, 0.05) is 32.4 Å². The largest absolute Gasteiger partial charge is 0.512 e. The van der Waals surface area contributed by atoms with Crippen LogP contribution in [-0.4, -0.2) is 15.9 Å². The third-order valence-corrected chi connectivity index (χ3v) is 3.52. The molecule has 0 spiro atoms. The SMILES string of the molecule is CC(=O)/C=C(/C)O.Cc1cc[c-]c(-c2ccc(-c3ccccc3)cn2)c1.[Ir]. The first-order valence-electron chi connectivity index (χ1n) is 8.33. The van der Waals surface area contributed by atoms with Crippen LogP contribution in [0.2, 0.25) is 0 Å². The van der Waals surface area contributed by atoms with E-state index in [4.69, 9.17) is 5.11 Å².